The normalized spacial score (nSPS) is 24.0. The number of carbonyl (C=O) groups is 1. The molecule has 1 aromatic rings. The summed E-state index contributed by atoms with van der Waals surface area (Å²) in [6, 6.07) is 0.0136. The molecule has 0 bridgehead atoms. The van der Waals surface area contributed by atoms with E-state index in [-0.39, 0.29) is 29.6 Å². The summed E-state index contributed by atoms with van der Waals surface area (Å²) in [6.45, 7) is 7.52. The van der Waals surface area contributed by atoms with Gasteiger partial charge in [0, 0.05) is 25.5 Å². The number of hydrogen-bond donors (Lipinski definition) is 2. The molecule has 3 atom stereocenters. The number of rotatable bonds is 5. The first-order valence-corrected chi connectivity index (χ1v) is 7.52. The zero-order valence-electron chi connectivity index (χ0n) is 13.1. The van der Waals surface area contributed by atoms with E-state index >= 15 is 0 Å². The molecular weight excluding hydrogens is 268 g/mol. The predicted octanol–water partition coefficient (Wildman–Crippen LogP) is 0.920. The lowest BCUT2D eigenvalue weighted by Crippen LogP contribution is -2.49. The minimum atomic E-state index is -0.369. The summed E-state index contributed by atoms with van der Waals surface area (Å²) in [4.78, 5) is 16.4. The largest absolute Gasteiger partial charge is 0.364 e. The molecule has 21 heavy (non-hydrogen) atoms. The van der Waals surface area contributed by atoms with Crippen LogP contribution in [0.1, 0.15) is 33.6 Å². The van der Waals surface area contributed by atoms with Crippen LogP contribution in [0.4, 0.5) is 0 Å². The van der Waals surface area contributed by atoms with Crippen LogP contribution in [0.2, 0.25) is 0 Å². The van der Waals surface area contributed by atoms with E-state index in [0.717, 1.165) is 12.8 Å². The number of amides is 1. The Balaban J connectivity index is 1.97. The Morgan fingerprint density at radius 2 is 2.29 bits per heavy atom. The number of carbonyl (C=O) groups excluding carboxylic acids is 1. The summed E-state index contributed by atoms with van der Waals surface area (Å²) in [7, 11) is 0. The maximum Gasteiger partial charge on any atom is 0.249 e. The van der Waals surface area contributed by atoms with Crippen molar-refractivity contribution in [3.8, 4) is 0 Å². The monoisotopic (exact) mass is 294 g/mol. The third-order valence-electron chi connectivity index (χ3n) is 3.98. The molecule has 1 aliphatic heterocycles. The van der Waals surface area contributed by atoms with Crippen molar-refractivity contribution in [1.82, 2.24) is 14.9 Å². The van der Waals surface area contributed by atoms with Crippen molar-refractivity contribution in [3.05, 3.63) is 18.7 Å². The standard InChI is InChI=1S/C15H26N4O2/c1-15(2,3)13(9-19-7-6-17-10-19)18-14(20)12-5-4-11(8-16)21-12/h6-7,10-13H,4-5,8-9,16H2,1-3H3,(H,18,20). The third kappa shape index (κ3) is 4.28. The van der Waals surface area contributed by atoms with Crippen LogP contribution in [0.25, 0.3) is 0 Å². The molecule has 6 heteroatoms. The molecule has 1 saturated heterocycles. The number of hydrogen-bond acceptors (Lipinski definition) is 4. The first-order chi connectivity index (χ1) is 9.90. The number of nitrogens with zero attached hydrogens (tertiary/aromatic N) is 2. The summed E-state index contributed by atoms with van der Waals surface area (Å²) in [5, 5.41) is 3.13. The van der Waals surface area contributed by atoms with Gasteiger partial charge in [-0.05, 0) is 18.3 Å². The molecule has 1 aliphatic rings. The topological polar surface area (TPSA) is 82.2 Å². The molecule has 1 fully saturated rings. The van der Waals surface area contributed by atoms with Gasteiger partial charge in [0.1, 0.15) is 6.10 Å². The molecule has 0 spiro atoms. The highest BCUT2D eigenvalue weighted by molar-refractivity contribution is 5.81. The van der Waals surface area contributed by atoms with Gasteiger partial charge < -0.3 is 20.4 Å². The molecule has 0 aliphatic carbocycles. The Kier molecular flexibility index (Phi) is 5.00. The van der Waals surface area contributed by atoms with Crippen molar-refractivity contribution >= 4 is 5.91 Å². The molecule has 3 unspecified atom stereocenters. The van der Waals surface area contributed by atoms with Crippen LogP contribution in [-0.4, -0.2) is 40.3 Å². The second-order valence-electron chi connectivity index (χ2n) is 6.75. The van der Waals surface area contributed by atoms with Gasteiger partial charge >= 0.3 is 0 Å². The lowest BCUT2D eigenvalue weighted by molar-refractivity contribution is -0.133. The van der Waals surface area contributed by atoms with Gasteiger partial charge in [0.15, 0.2) is 0 Å². The SMILES string of the molecule is CC(C)(C)C(Cn1ccnc1)NC(=O)C1CCC(CN)O1. The van der Waals surface area contributed by atoms with Crippen LogP contribution in [0, 0.1) is 5.41 Å². The van der Waals surface area contributed by atoms with Gasteiger partial charge in [-0.25, -0.2) is 4.98 Å². The summed E-state index contributed by atoms with van der Waals surface area (Å²) in [5.74, 6) is -0.0361. The van der Waals surface area contributed by atoms with E-state index in [1.807, 2.05) is 10.8 Å². The number of aromatic nitrogens is 2. The molecule has 1 amide bonds. The van der Waals surface area contributed by atoms with E-state index in [0.29, 0.717) is 13.1 Å². The van der Waals surface area contributed by atoms with E-state index in [1.54, 1.807) is 12.5 Å². The zero-order valence-corrected chi connectivity index (χ0v) is 13.1. The molecule has 118 valence electrons. The van der Waals surface area contributed by atoms with E-state index in [2.05, 4.69) is 31.1 Å². The fourth-order valence-electron chi connectivity index (χ4n) is 2.48. The van der Waals surface area contributed by atoms with Crippen molar-refractivity contribution in [3.63, 3.8) is 0 Å². The first kappa shape index (κ1) is 16.0. The van der Waals surface area contributed by atoms with Crippen LogP contribution in [0.5, 0.6) is 0 Å². The van der Waals surface area contributed by atoms with Crippen molar-refractivity contribution in [1.29, 1.82) is 0 Å². The Labute approximate surface area is 126 Å². The minimum Gasteiger partial charge on any atom is -0.364 e. The average Bonchev–Trinajstić information content (AvgIpc) is 3.07. The van der Waals surface area contributed by atoms with E-state index < -0.39 is 0 Å². The lowest BCUT2D eigenvalue weighted by Gasteiger charge is -2.32. The van der Waals surface area contributed by atoms with Gasteiger partial charge in [-0.15, -0.1) is 0 Å². The highest BCUT2D eigenvalue weighted by Gasteiger charge is 2.33. The maximum atomic E-state index is 12.4. The lowest BCUT2D eigenvalue weighted by atomic mass is 9.86. The number of nitrogens with two attached hydrogens (primary N) is 1. The van der Waals surface area contributed by atoms with E-state index in [9.17, 15) is 4.79 Å². The second kappa shape index (κ2) is 6.58. The highest BCUT2D eigenvalue weighted by atomic mass is 16.5. The van der Waals surface area contributed by atoms with Gasteiger partial charge in [-0.2, -0.15) is 0 Å². The molecule has 3 N–H and O–H groups in total. The smallest absolute Gasteiger partial charge is 0.249 e. The fourth-order valence-corrected chi connectivity index (χ4v) is 2.48. The van der Waals surface area contributed by atoms with Crippen LogP contribution in [0.15, 0.2) is 18.7 Å². The summed E-state index contributed by atoms with van der Waals surface area (Å²) in [6.07, 6.45) is 6.66. The summed E-state index contributed by atoms with van der Waals surface area (Å²) >= 11 is 0. The van der Waals surface area contributed by atoms with Crippen molar-refractivity contribution in [2.45, 2.75) is 58.4 Å². The molecule has 6 nitrogen and oxygen atoms in total. The van der Waals surface area contributed by atoms with Crippen molar-refractivity contribution in [2.24, 2.45) is 11.1 Å². The van der Waals surface area contributed by atoms with Gasteiger partial charge in [-0.1, -0.05) is 20.8 Å². The Hall–Kier alpha value is -1.40. The quantitative estimate of drug-likeness (QED) is 0.846. The third-order valence-corrected chi connectivity index (χ3v) is 3.98. The predicted molar refractivity (Wildman–Crippen MR) is 80.6 cm³/mol. The number of imidazole rings is 1. The average molecular weight is 294 g/mol. The van der Waals surface area contributed by atoms with E-state index in [1.165, 1.54) is 0 Å². The van der Waals surface area contributed by atoms with Crippen LogP contribution < -0.4 is 11.1 Å². The summed E-state index contributed by atoms with van der Waals surface area (Å²) < 4.78 is 7.65. The number of ether oxygens (including phenoxy) is 1. The van der Waals surface area contributed by atoms with Gasteiger partial charge in [0.05, 0.1) is 18.5 Å². The van der Waals surface area contributed by atoms with Crippen LogP contribution in [-0.2, 0) is 16.1 Å². The maximum absolute atomic E-state index is 12.4. The van der Waals surface area contributed by atoms with E-state index in [4.69, 9.17) is 10.5 Å². The number of nitrogens with one attached hydrogen (secondary N) is 1. The Morgan fingerprint density at radius 1 is 1.52 bits per heavy atom. The van der Waals surface area contributed by atoms with Crippen molar-refractivity contribution < 1.29 is 9.53 Å². The molecule has 0 radical (unpaired) electrons. The molecule has 0 aromatic carbocycles. The summed E-state index contributed by atoms with van der Waals surface area (Å²) in [5.41, 5.74) is 5.54. The van der Waals surface area contributed by atoms with Gasteiger partial charge in [0.2, 0.25) is 5.91 Å². The second-order valence-corrected chi connectivity index (χ2v) is 6.75. The molecular formula is C15H26N4O2. The molecule has 2 heterocycles. The molecule has 0 saturated carbocycles. The van der Waals surface area contributed by atoms with Crippen LogP contribution in [0.3, 0.4) is 0 Å². The fraction of sp³-hybridized carbons (Fsp3) is 0.733. The first-order valence-electron chi connectivity index (χ1n) is 7.52. The molecule has 2 rings (SSSR count). The van der Waals surface area contributed by atoms with Gasteiger partial charge in [0.25, 0.3) is 0 Å². The zero-order chi connectivity index (χ0) is 15.5. The van der Waals surface area contributed by atoms with Crippen LogP contribution >= 0.6 is 0 Å². The Bertz CT molecular complexity index is 453. The Morgan fingerprint density at radius 3 is 2.81 bits per heavy atom. The molecule has 1 aromatic heterocycles. The minimum absolute atomic E-state index is 0.0136. The van der Waals surface area contributed by atoms with Crippen molar-refractivity contribution in [2.75, 3.05) is 6.54 Å². The highest BCUT2D eigenvalue weighted by Crippen LogP contribution is 2.23. The van der Waals surface area contributed by atoms with Gasteiger partial charge in [-0.3, -0.25) is 4.79 Å².